The summed E-state index contributed by atoms with van der Waals surface area (Å²) in [5, 5.41) is 7.08. The quantitative estimate of drug-likeness (QED) is 0.0827. The van der Waals surface area contributed by atoms with Crippen molar-refractivity contribution in [2.24, 2.45) is 5.10 Å². The molecule has 1 aliphatic heterocycles. The van der Waals surface area contributed by atoms with Gasteiger partial charge in [-0.05, 0) is 67.3 Å². The van der Waals surface area contributed by atoms with Gasteiger partial charge in [0.25, 0.3) is 0 Å². The second-order valence-electron chi connectivity index (χ2n) is 9.80. The molecule has 5 rings (SSSR count). The van der Waals surface area contributed by atoms with Crippen LogP contribution in [0.3, 0.4) is 0 Å². The van der Waals surface area contributed by atoms with Crippen molar-refractivity contribution in [3.63, 3.8) is 0 Å². The lowest BCUT2D eigenvalue weighted by molar-refractivity contribution is -0.143. The van der Waals surface area contributed by atoms with E-state index in [-0.39, 0.29) is 17.6 Å². The van der Waals surface area contributed by atoms with Gasteiger partial charge in [-0.15, -0.1) is 0 Å². The summed E-state index contributed by atoms with van der Waals surface area (Å²) < 4.78 is 119. The first kappa shape index (κ1) is 32.2. The van der Waals surface area contributed by atoms with Crippen LogP contribution >= 0.6 is 0 Å². The molecule has 0 bridgehead atoms. The van der Waals surface area contributed by atoms with E-state index < -0.39 is 52.3 Å². The van der Waals surface area contributed by atoms with Gasteiger partial charge in [0.2, 0.25) is 35.2 Å². The number of piperidine rings is 1. The Hall–Kier alpha value is -5.22. The molecule has 1 saturated heterocycles. The number of halogens is 8. The second-order valence-corrected chi connectivity index (χ2v) is 9.80. The molecule has 3 aromatic carbocycles. The Morgan fingerprint density at radius 3 is 2.09 bits per heavy atom. The molecule has 2 heterocycles. The third kappa shape index (κ3) is 7.18. The van der Waals surface area contributed by atoms with Crippen LogP contribution in [0.4, 0.5) is 58.7 Å². The molecule has 17 heteroatoms. The van der Waals surface area contributed by atoms with Gasteiger partial charge < -0.3 is 19.7 Å². The molecular formula is C29H23F8N7O2. The van der Waals surface area contributed by atoms with Gasteiger partial charge >= 0.3 is 6.18 Å². The molecule has 242 valence electrons. The minimum Gasteiger partial charge on any atom is -0.493 e. The average molecular weight is 654 g/mol. The van der Waals surface area contributed by atoms with Crippen LogP contribution in [0.1, 0.15) is 30.4 Å². The van der Waals surface area contributed by atoms with Crippen molar-refractivity contribution >= 4 is 29.7 Å². The smallest absolute Gasteiger partial charge is 0.422 e. The lowest BCUT2D eigenvalue weighted by Gasteiger charge is -2.26. The molecule has 0 spiro atoms. The summed E-state index contributed by atoms with van der Waals surface area (Å²) in [5.74, 6) is -12.3. The van der Waals surface area contributed by atoms with Gasteiger partial charge in [-0.3, -0.25) is 0 Å². The van der Waals surface area contributed by atoms with Crippen LogP contribution in [-0.2, 0) is 6.18 Å². The van der Waals surface area contributed by atoms with Gasteiger partial charge in [-0.25, -0.2) is 18.6 Å². The molecule has 0 saturated carbocycles. The predicted octanol–water partition coefficient (Wildman–Crippen LogP) is 7.57. The van der Waals surface area contributed by atoms with E-state index in [9.17, 15) is 35.1 Å². The zero-order valence-electron chi connectivity index (χ0n) is 23.7. The number of alkyl halides is 3. The van der Waals surface area contributed by atoms with Crippen molar-refractivity contribution in [1.82, 2.24) is 15.0 Å². The predicted molar refractivity (Wildman–Crippen MR) is 151 cm³/mol. The van der Waals surface area contributed by atoms with Crippen molar-refractivity contribution < 1.29 is 44.6 Å². The van der Waals surface area contributed by atoms with E-state index in [1.807, 2.05) is 4.90 Å². The van der Waals surface area contributed by atoms with Crippen LogP contribution in [0, 0.1) is 29.1 Å². The Morgan fingerprint density at radius 2 is 1.46 bits per heavy atom. The van der Waals surface area contributed by atoms with E-state index in [1.54, 1.807) is 0 Å². The lowest BCUT2D eigenvalue weighted by Crippen LogP contribution is -2.31. The zero-order valence-corrected chi connectivity index (χ0v) is 23.7. The van der Waals surface area contributed by atoms with Gasteiger partial charge in [0.15, 0.2) is 23.1 Å². The molecule has 1 aromatic heterocycles. The monoisotopic (exact) mass is 653 g/mol. The summed E-state index contributed by atoms with van der Waals surface area (Å²) in [7, 11) is 1.14. The van der Waals surface area contributed by atoms with Gasteiger partial charge in [0, 0.05) is 18.8 Å². The van der Waals surface area contributed by atoms with Gasteiger partial charge in [0.05, 0.1) is 13.3 Å². The summed E-state index contributed by atoms with van der Waals surface area (Å²) in [6.07, 6.45) is -1.43. The number of benzene rings is 3. The summed E-state index contributed by atoms with van der Waals surface area (Å²) in [6, 6.07) is 9.24. The van der Waals surface area contributed by atoms with E-state index in [0.717, 1.165) is 45.5 Å². The minimum atomic E-state index is -5.70. The maximum atomic E-state index is 14.4. The van der Waals surface area contributed by atoms with Crippen LogP contribution in [-0.4, -0.2) is 41.4 Å². The normalized spacial score (nSPS) is 13.6. The van der Waals surface area contributed by atoms with Crippen molar-refractivity contribution in [3.05, 3.63) is 82.7 Å². The van der Waals surface area contributed by atoms with Gasteiger partial charge in [-0.2, -0.15) is 42.0 Å². The fraction of sp³-hybridized carbons (Fsp3) is 0.241. The lowest BCUT2D eigenvalue weighted by atomic mass is 10.1. The maximum Gasteiger partial charge on any atom is 0.422 e. The zero-order chi connectivity index (χ0) is 33.0. The average Bonchev–Trinajstić information content (AvgIpc) is 3.03. The Balaban J connectivity index is 1.36. The van der Waals surface area contributed by atoms with Crippen LogP contribution in [0.2, 0.25) is 0 Å². The highest BCUT2D eigenvalue weighted by Gasteiger charge is 2.43. The molecule has 46 heavy (non-hydrogen) atoms. The van der Waals surface area contributed by atoms with E-state index in [4.69, 9.17) is 9.47 Å². The van der Waals surface area contributed by atoms with Gasteiger partial charge in [-0.1, -0.05) is 0 Å². The fourth-order valence-electron chi connectivity index (χ4n) is 4.44. The molecule has 0 amide bonds. The number of nitrogens with one attached hydrogen (secondary N) is 2. The van der Waals surface area contributed by atoms with Crippen LogP contribution in [0.5, 0.6) is 17.2 Å². The molecule has 4 aromatic rings. The maximum absolute atomic E-state index is 14.4. The largest absolute Gasteiger partial charge is 0.493 e. The van der Waals surface area contributed by atoms with Gasteiger partial charge in [0.1, 0.15) is 11.4 Å². The van der Waals surface area contributed by atoms with E-state index in [2.05, 4.69) is 30.8 Å². The number of hydrazone groups is 1. The number of aromatic nitrogens is 3. The SMILES string of the molecule is COc1cc(/C=N/Nc2nc(Nc3ccc(F)cc3)nc(N3CCCCC3)n2)ccc1Oc1c(F)c(F)c(C(F)(F)F)c(F)c1F. The number of rotatable bonds is 9. The Bertz CT molecular complexity index is 1720. The Morgan fingerprint density at radius 1 is 0.804 bits per heavy atom. The molecule has 0 unspecified atom stereocenters. The fourth-order valence-corrected chi connectivity index (χ4v) is 4.44. The number of ether oxygens (including phenoxy) is 2. The molecule has 2 N–H and O–H groups in total. The molecule has 1 aliphatic rings. The molecule has 0 aliphatic carbocycles. The van der Waals surface area contributed by atoms with Crippen LogP contribution in [0.25, 0.3) is 0 Å². The summed E-state index contributed by atoms with van der Waals surface area (Å²) in [6.45, 7) is 1.47. The summed E-state index contributed by atoms with van der Waals surface area (Å²) >= 11 is 0. The van der Waals surface area contributed by atoms with E-state index >= 15 is 0 Å². The molecule has 0 atom stereocenters. The van der Waals surface area contributed by atoms with Crippen LogP contribution < -0.4 is 25.1 Å². The molecule has 0 radical (unpaired) electrons. The number of hydrogen-bond donors (Lipinski definition) is 2. The number of hydrogen-bond acceptors (Lipinski definition) is 9. The van der Waals surface area contributed by atoms with Crippen molar-refractivity contribution in [1.29, 1.82) is 0 Å². The van der Waals surface area contributed by atoms with E-state index in [0.29, 0.717) is 17.2 Å². The highest BCUT2D eigenvalue weighted by atomic mass is 19.4. The highest BCUT2D eigenvalue weighted by molar-refractivity contribution is 5.81. The summed E-state index contributed by atoms with van der Waals surface area (Å²) in [4.78, 5) is 15.2. The molecule has 1 fully saturated rings. The highest BCUT2D eigenvalue weighted by Crippen LogP contribution is 2.42. The first-order chi connectivity index (χ1) is 21.9. The van der Waals surface area contributed by atoms with E-state index in [1.165, 1.54) is 42.6 Å². The molecular weight excluding hydrogens is 630 g/mol. The Labute approximate surface area is 255 Å². The number of methoxy groups -OCH3 is 1. The summed E-state index contributed by atoms with van der Waals surface area (Å²) in [5.41, 5.74) is 0.804. The van der Waals surface area contributed by atoms with Crippen LogP contribution in [0.15, 0.2) is 47.6 Å². The Kier molecular flexibility index (Phi) is 9.39. The third-order valence-electron chi connectivity index (χ3n) is 6.65. The topological polar surface area (TPSA) is 96.8 Å². The number of nitrogens with zero attached hydrogens (tertiary/aromatic N) is 5. The van der Waals surface area contributed by atoms with Crippen molar-refractivity contribution in [2.45, 2.75) is 25.4 Å². The standard InChI is InChI=1S/C29H23F8N7O2/c1-45-19-13-15(5-10-18(19)46-25-23(33)21(31)20(29(35,36)37)22(32)24(25)34)14-38-43-27-40-26(39-17-8-6-16(30)7-9-17)41-28(42-27)44-11-3-2-4-12-44/h5-10,13-14H,2-4,11-12H2,1H3,(H2,39,40,41,42,43)/b38-14+. The second kappa shape index (κ2) is 13.4. The number of anilines is 4. The first-order valence-electron chi connectivity index (χ1n) is 13.6. The first-order valence-corrected chi connectivity index (χ1v) is 13.6. The van der Waals surface area contributed by atoms with Crippen molar-refractivity contribution in [2.75, 3.05) is 35.8 Å². The minimum absolute atomic E-state index is 0.0562. The van der Waals surface area contributed by atoms with Crippen molar-refractivity contribution in [3.8, 4) is 17.2 Å². The third-order valence-corrected chi connectivity index (χ3v) is 6.65. The molecule has 9 nitrogen and oxygen atoms in total.